The largest absolute Gasteiger partial charge is 0.345 e. The van der Waals surface area contributed by atoms with Gasteiger partial charge in [0.05, 0.1) is 12.3 Å². The van der Waals surface area contributed by atoms with Gasteiger partial charge in [0.15, 0.2) is 11.0 Å². The van der Waals surface area contributed by atoms with E-state index in [0.29, 0.717) is 16.7 Å². The quantitative estimate of drug-likeness (QED) is 0.334. The van der Waals surface area contributed by atoms with Crippen LogP contribution in [-0.4, -0.2) is 32.3 Å². The number of benzene rings is 3. The zero-order valence-electron chi connectivity index (χ0n) is 19.6. The summed E-state index contributed by atoms with van der Waals surface area (Å²) in [5, 5.41) is 14.3. The second-order valence-corrected chi connectivity index (χ2v) is 9.00. The van der Waals surface area contributed by atoms with Crippen molar-refractivity contribution in [3.05, 3.63) is 101 Å². The van der Waals surface area contributed by atoms with Gasteiger partial charge in [0.1, 0.15) is 11.6 Å². The van der Waals surface area contributed by atoms with E-state index in [2.05, 4.69) is 20.8 Å². The number of aryl methyl sites for hydroxylation is 2. The molecule has 0 spiro atoms. The average Bonchev–Trinajstić information content (AvgIpc) is 3.26. The molecule has 0 saturated carbocycles. The maximum absolute atomic E-state index is 13.5. The summed E-state index contributed by atoms with van der Waals surface area (Å²) < 4.78 is 28.6. The molecule has 0 aliphatic carbocycles. The van der Waals surface area contributed by atoms with Crippen molar-refractivity contribution in [1.82, 2.24) is 20.1 Å². The van der Waals surface area contributed by atoms with Gasteiger partial charge in [-0.3, -0.25) is 14.2 Å². The minimum Gasteiger partial charge on any atom is -0.345 e. The SMILES string of the molecule is Cc1ccc(C)c(NC(=O)CSc2nnc(CNC(=O)c3cccc(F)c3)n2-c2ccc(F)cc2)c1. The predicted molar refractivity (Wildman–Crippen MR) is 134 cm³/mol. The molecule has 36 heavy (non-hydrogen) atoms. The van der Waals surface area contributed by atoms with E-state index in [1.165, 1.54) is 30.3 Å². The third-order valence-corrected chi connectivity index (χ3v) is 6.21. The van der Waals surface area contributed by atoms with Crippen molar-refractivity contribution in [2.24, 2.45) is 0 Å². The fourth-order valence-electron chi connectivity index (χ4n) is 3.44. The minimum atomic E-state index is -0.519. The summed E-state index contributed by atoms with van der Waals surface area (Å²) in [7, 11) is 0. The van der Waals surface area contributed by atoms with Crippen LogP contribution in [0.1, 0.15) is 27.3 Å². The number of thioether (sulfide) groups is 1. The molecular weight excluding hydrogens is 484 g/mol. The van der Waals surface area contributed by atoms with E-state index in [-0.39, 0.29) is 23.8 Å². The second-order valence-electron chi connectivity index (χ2n) is 8.06. The molecule has 4 aromatic rings. The normalized spacial score (nSPS) is 10.8. The van der Waals surface area contributed by atoms with E-state index in [1.54, 1.807) is 16.7 Å². The Labute approximate surface area is 210 Å². The fourth-order valence-corrected chi connectivity index (χ4v) is 4.21. The molecule has 1 aromatic heterocycles. The molecule has 1 heterocycles. The number of halogens is 2. The number of rotatable bonds is 8. The number of aromatic nitrogens is 3. The summed E-state index contributed by atoms with van der Waals surface area (Å²) in [5.74, 6) is -1.20. The first-order chi connectivity index (χ1) is 17.3. The number of nitrogens with zero attached hydrogens (tertiary/aromatic N) is 3. The van der Waals surface area contributed by atoms with Gasteiger partial charge >= 0.3 is 0 Å². The van der Waals surface area contributed by atoms with E-state index in [4.69, 9.17) is 0 Å². The number of amides is 2. The van der Waals surface area contributed by atoms with Gasteiger partial charge in [-0.1, -0.05) is 30.0 Å². The maximum atomic E-state index is 13.5. The lowest BCUT2D eigenvalue weighted by atomic mass is 10.1. The molecule has 0 aliphatic rings. The van der Waals surface area contributed by atoms with E-state index in [0.717, 1.165) is 34.6 Å². The topological polar surface area (TPSA) is 88.9 Å². The summed E-state index contributed by atoms with van der Waals surface area (Å²) in [6.45, 7) is 3.84. The maximum Gasteiger partial charge on any atom is 0.251 e. The molecule has 0 fully saturated rings. The molecule has 0 aliphatic heterocycles. The Morgan fingerprint density at radius 1 is 0.944 bits per heavy atom. The van der Waals surface area contributed by atoms with Crippen molar-refractivity contribution in [2.75, 3.05) is 11.1 Å². The molecule has 10 heteroatoms. The van der Waals surface area contributed by atoms with Gasteiger partial charge in [0.2, 0.25) is 5.91 Å². The molecule has 0 saturated heterocycles. The van der Waals surface area contributed by atoms with Crippen molar-refractivity contribution in [1.29, 1.82) is 0 Å². The Morgan fingerprint density at radius 2 is 1.72 bits per heavy atom. The summed E-state index contributed by atoms with van der Waals surface area (Å²) >= 11 is 1.16. The lowest BCUT2D eigenvalue weighted by Crippen LogP contribution is -2.24. The van der Waals surface area contributed by atoms with E-state index >= 15 is 0 Å². The van der Waals surface area contributed by atoms with Crippen LogP contribution in [0.15, 0.2) is 71.9 Å². The van der Waals surface area contributed by atoms with E-state index < -0.39 is 17.5 Å². The van der Waals surface area contributed by atoms with Crippen molar-refractivity contribution in [2.45, 2.75) is 25.5 Å². The summed E-state index contributed by atoms with van der Waals surface area (Å²) in [6.07, 6.45) is 0. The summed E-state index contributed by atoms with van der Waals surface area (Å²) in [5.41, 5.74) is 3.45. The fraction of sp³-hybridized carbons (Fsp3) is 0.154. The van der Waals surface area contributed by atoms with Crippen molar-refractivity contribution >= 4 is 29.3 Å². The zero-order chi connectivity index (χ0) is 25.7. The van der Waals surface area contributed by atoms with Crippen LogP contribution < -0.4 is 10.6 Å². The highest BCUT2D eigenvalue weighted by atomic mass is 32.2. The van der Waals surface area contributed by atoms with Gasteiger partial charge in [-0.25, -0.2) is 8.78 Å². The number of hydrogen-bond acceptors (Lipinski definition) is 5. The van der Waals surface area contributed by atoms with Gasteiger partial charge in [-0.2, -0.15) is 0 Å². The Hall–Kier alpha value is -4.05. The van der Waals surface area contributed by atoms with Crippen LogP contribution >= 0.6 is 11.8 Å². The standard InChI is InChI=1S/C26H23F2N5O2S/c1-16-6-7-17(2)22(12-16)30-24(34)15-36-26-32-31-23(33(26)21-10-8-19(27)9-11-21)14-29-25(35)18-4-3-5-20(28)13-18/h3-13H,14-15H2,1-2H3,(H,29,35)(H,30,34). The molecular formula is C26H23F2N5O2S. The monoisotopic (exact) mass is 507 g/mol. The van der Waals surface area contributed by atoms with Gasteiger partial charge in [-0.05, 0) is 73.5 Å². The predicted octanol–water partition coefficient (Wildman–Crippen LogP) is 4.82. The summed E-state index contributed by atoms with van der Waals surface area (Å²) in [6, 6.07) is 16.8. The number of nitrogens with one attached hydrogen (secondary N) is 2. The molecule has 0 bridgehead atoms. The molecule has 2 amide bonds. The van der Waals surface area contributed by atoms with Gasteiger partial charge < -0.3 is 10.6 Å². The molecule has 0 radical (unpaired) electrons. The van der Waals surface area contributed by atoms with Crippen LogP contribution in [-0.2, 0) is 11.3 Å². The van der Waals surface area contributed by atoms with E-state index in [1.807, 2.05) is 32.0 Å². The van der Waals surface area contributed by atoms with E-state index in [9.17, 15) is 18.4 Å². The van der Waals surface area contributed by atoms with Gasteiger partial charge in [0, 0.05) is 16.9 Å². The van der Waals surface area contributed by atoms with Crippen LogP contribution in [0.2, 0.25) is 0 Å². The first-order valence-electron chi connectivity index (χ1n) is 11.0. The molecule has 0 unspecified atom stereocenters. The van der Waals surface area contributed by atoms with Crippen molar-refractivity contribution in [3.63, 3.8) is 0 Å². The lowest BCUT2D eigenvalue weighted by molar-refractivity contribution is -0.113. The molecule has 4 rings (SSSR count). The Bertz CT molecular complexity index is 1410. The lowest BCUT2D eigenvalue weighted by Gasteiger charge is -2.12. The second kappa shape index (κ2) is 11.1. The van der Waals surface area contributed by atoms with Gasteiger partial charge in [0.25, 0.3) is 5.91 Å². The number of carbonyl (C=O) groups excluding carboxylic acids is 2. The highest BCUT2D eigenvalue weighted by Crippen LogP contribution is 2.23. The number of carbonyl (C=O) groups is 2. The molecule has 0 atom stereocenters. The van der Waals surface area contributed by atoms with Crippen LogP contribution in [0.3, 0.4) is 0 Å². The first kappa shape index (κ1) is 25.1. The highest BCUT2D eigenvalue weighted by Gasteiger charge is 2.18. The molecule has 7 nitrogen and oxygen atoms in total. The van der Waals surface area contributed by atoms with Crippen LogP contribution in [0, 0.1) is 25.5 Å². The third-order valence-electron chi connectivity index (χ3n) is 5.28. The third kappa shape index (κ3) is 6.14. The Balaban J connectivity index is 1.51. The highest BCUT2D eigenvalue weighted by molar-refractivity contribution is 7.99. The Kier molecular flexibility index (Phi) is 7.74. The van der Waals surface area contributed by atoms with Gasteiger partial charge in [-0.15, -0.1) is 10.2 Å². The first-order valence-corrected chi connectivity index (χ1v) is 12.0. The van der Waals surface area contributed by atoms with Crippen LogP contribution in [0.4, 0.5) is 14.5 Å². The smallest absolute Gasteiger partial charge is 0.251 e. The van der Waals surface area contributed by atoms with Crippen molar-refractivity contribution in [3.8, 4) is 5.69 Å². The zero-order valence-corrected chi connectivity index (χ0v) is 20.4. The van der Waals surface area contributed by atoms with Crippen LogP contribution in [0.25, 0.3) is 5.69 Å². The molecule has 3 aromatic carbocycles. The summed E-state index contributed by atoms with van der Waals surface area (Å²) in [4.78, 5) is 25.1. The minimum absolute atomic E-state index is 0.0189. The number of anilines is 1. The molecule has 2 N–H and O–H groups in total. The Morgan fingerprint density at radius 3 is 2.47 bits per heavy atom. The van der Waals surface area contributed by atoms with Crippen LogP contribution in [0.5, 0.6) is 0 Å². The number of hydrogen-bond donors (Lipinski definition) is 2. The molecule has 184 valence electrons. The average molecular weight is 508 g/mol. The van der Waals surface area contributed by atoms with Crippen molar-refractivity contribution < 1.29 is 18.4 Å².